The van der Waals surface area contributed by atoms with Crippen LogP contribution in [0.5, 0.6) is 11.5 Å². The highest BCUT2D eigenvalue weighted by Gasteiger charge is 2.50. The lowest BCUT2D eigenvalue weighted by atomic mass is 9.62. The van der Waals surface area contributed by atoms with Gasteiger partial charge in [-0.2, -0.15) is 0 Å². The molecule has 0 radical (unpaired) electrons. The maximum Gasteiger partial charge on any atom is 0.329 e. The van der Waals surface area contributed by atoms with Gasteiger partial charge in [-0.1, -0.05) is 6.07 Å². The summed E-state index contributed by atoms with van der Waals surface area (Å²) in [5, 5.41) is 8.69. The van der Waals surface area contributed by atoms with Gasteiger partial charge in [0.2, 0.25) is 0 Å². The summed E-state index contributed by atoms with van der Waals surface area (Å²) in [6, 6.07) is 9.22. The van der Waals surface area contributed by atoms with Crippen LogP contribution in [0, 0.1) is 18.6 Å². The second-order valence-electron chi connectivity index (χ2n) is 8.64. The van der Waals surface area contributed by atoms with E-state index in [1.54, 1.807) is 19.1 Å². The molecule has 2 aliphatic heterocycles. The summed E-state index contributed by atoms with van der Waals surface area (Å²) in [5.41, 5.74) is 0.754. The standard InChI is InChI=1S/C24H26F2O5/c1-16-2-3-19(13-21(16)26)31-20-11-17(10-18(25)12-20)23-4-6-24(7-5-23,30-15-23)8-9-29-14-22(27)28/h2-3,10-13H,4-9,14-15H2,1H3,(H,27,28). The lowest BCUT2D eigenvalue weighted by molar-refractivity contribution is -0.168. The predicted octanol–water partition coefficient (Wildman–Crippen LogP) is 5.14. The topological polar surface area (TPSA) is 65.0 Å². The average molecular weight is 432 g/mol. The van der Waals surface area contributed by atoms with Gasteiger partial charge in [-0.3, -0.25) is 0 Å². The molecule has 5 nitrogen and oxygen atoms in total. The first-order chi connectivity index (χ1) is 14.8. The molecule has 1 saturated carbocycles. The van der Waals surface area contributed by atoms with Crippen LogP contribution in [0.15, 0.2) is 36.4 Å². The van der Waals surface area contributed by atoms with Crippen molar-refractivity contribution in [1.82, 2.24) is 0 Å². The minimum absolute atomic E-state index is 0.289. The smallest absolute Gasteiger partial charge is 0.329 e. The number of hydrogen-bond donors (Lipinski definition) is 1. The van der Waals surface area contributed by atoms with Crippen molar-refractivity contribution >= 4 is 5.97 Å². The van der Waals surface area contributed by atoms with Gasteiger partial charge in [0.15, 0.2) is 0 Å². The Kier molecular flexibility index (Phi) is 5.99. The molecule has 3 aliphatic rings. The molecule has 5 rings (SSSR count). The monoisotopic (exact) mass is 432 g/mol. The third kappa shape index (κ3) is 4.72. The fourth-order valence-corrected chi connectivity index (χ4v) is 4.58. The molecule has 2 saturated heterocycles. The van der Waals surface area contributed by atoms with Crippen LogP contribution in [-0.4, -0.2) is 36.5 Å². The van der Waals surface area contributed by atoms with E-state index in [1.807, 2.05) is 6.07 Å². The summed E-state index contributed by atoms with van der Waals surface area (Å²) in [5.74, 6) is -1.11. The Balaban J connectivity index is 1.46. The molecule has 0 amide bonds. The molecule has 3 fully saturated rings. The maximum absolute atomic E-state index is 14.4. The van der Waals surface area contributed by atoms with Gasteiger partial charge in [0.25, 0.3) is 0 Å². The number of rotatable bonds is 8. The second kappa shape index (κ2) is 8.55. The van der Waals surface area contributed by atoms with Crippen LogP contribution in [0.1, 0.15) is 43.2 Å². The number of aliphatic carboxylic acids is 1. The summed E-state index contributed by atoms with van der Waals surface area (Å²) in [4.78, 5) is 10.6. The zero-order valence-corrected chi connectivity index (χ0v) is 17.5. The van der Waals surface area contributed by atoms with Crippen LogP contribution >= 0.6 is 0 Å². The van der Waals surface area contributed by atoms with E-state index in [0.29, 0.717) is 36.7 Å². The van der Waals surface area contributed by atoms with Gasteiger partial charge in [-0.25, -0.2) is 13.6 Å². The van der Waals surface area contributed by atoms with Crippen LogP contribution in [0.3, 0.4) is 0 Å². The number of halogens is 2. The SMILES string of the molecule is Cc1ccc(Oc2cc(F)cc(C34CCC(CCOCC(=O)O)(CC3)OC4)c2)cc1F. The molecule has 0 unspecified atom stereocenters. The normalized spacial score (nSPS) is 24.9. The van der Waals surface area contributed by atoms with E-state index in [4.69, 9.17) is 19.3 Å². The first kappa shape index (κ1) is 21.7. The number of benzene rings is 2. The van der Waals surface area contributed by atoms with E-state index in [-0.39, 0.29) is 23.4 Å². The summed E-state index contributed by atoms with van der Waals surface area (Å²) in [7, 11) is 0. The van der Waals surface area contributed by atoms with Gasteiger partial charge in [0.05, 0.1) is 18.8 Å². The molecule has 1 aliphatic carbocycles. The maximum atomic E-state index is 14.4. The predicted molar refractivity (Wildman–Crippen MR) is 110 cm³/mol. The fourth-order valence-electron chi connectivity index (χ4n) is 4.58. The zero-order valence-electron chi connectivity index (χ0n) is 17.5. The van der Waals surface area contributed by atoms with E-state index >= 15 is 0 Å². The van der Waals surface area contributed by atoms with Crippen LogP contribution in [0.25, 0.3) is 0 Å². The van der Waals surface area contributed by atoms with Crippen molar-refractivity contribution in [2.75, 3.05) is 19.8 Å². The Morgan fingerprint density at radius 3 is 2.52 bits per heavy atom. The summed E-state index contributed by atoms with van der Waals surface area (Å²) in [6.45, 7) is 2.17. The van der Waals surface area contributed by atoms with Crippen LogP contribution in [0.2, 0.25) is 0 Å². The Bertz CT molecular complexity index is 950. The van der Waals surface area contributed by atoms with E-state index in [1.165, 1.54) is 18.2 Å². The second-order valence-corrected chi connectivity index (χ2v) is 8.64. The Morgan fingerprint density at radius 2 is 1.87 bits per heavy atom. The third-order valence-electron chi connectivity index (χ3n) is 6.56. The molecule has 2 aromatic rings. The Morgan fingerprint density at radius 1 is 1.10 bits per heavy atom. The number of carbonyl (C=O) groups is 1. The van der Waals surface area contributed by atoms with Gasteiger partial charge in [0, 0.05) is 17.5 Å². The van der Waals surface area contributed by atoms with Gasteiger partial charge in [-0.15, -0.1) is 0 Å². The number of carboxylic acids is 1. The molecule has 0 spiro atoms. The summed E-state index contributed by atoms with van der Waals surface area (Å²) < 4.78 is 45.4. The van der Waals surface area contributed by atoms with Crippen LogP contribution in [-0.2, 0) is 19.7 Å². The largest absolute Gasteiger partial charge is 0.480 e. The van der Waals surface area contributed by atoms with E-state index in [9.17, 15) is 13.6 Å². The third-order valence-corrected chi connectivity index (χ3v) is 6.56. The number of hydrogen-bond acceptors (Lipinski definition) is 4. The first-order valence-electron chi connectivity index (χ1n) is 10.5. The Labute approximate surface area is 179 Å². The summed E-state index contributed by atoms with van der Waals surface area (Å²) >= 11 is 0. The van der Waals surface area contributed by atoms with Crippen LogP contribution < -0.4 is 4.74 Å². The molecule has 31 heavy (non-hydrogen) atoms. The van der Waals surface area contributed by atoms with Crippen molar-refractivity contribution in [1.29, 1.82) is 0 Å². The zero-order chi connectivity index (χ0) is 22.1. The first-order valence-corrected chi connectivity index (χ1v) is 10.5. The molecule has 2 aromatic carbocycles. The van der Waals surface area contributed by atoms with Crippen LogP contribution in [0.4, 0.5) is 8.78 Å². The van der Waals surface area contributed by atoms with Crippen molar-refractivity contribution < 1.29 is 32.9 Å². The Hall–Kier alpha value is -2.51. The van der Waals surface area contributed by atoms with E-state index in [0.717, 1.165) is 31.2 Å². The molecular formula is C24H26F2O5. The average Bonchev–Trinajstić information content (AvgIpc) is 2.75. The van der Waals surface area contributed by atoms with Crippen molar-refractivity contribution in [3.05, 3.63) is 59.2 Å². The van der Waals surface area contributed by atoms with Crippen molar-refractivity contribution in [3.63, 3.8) is 0 Å². The van der Waals surface area contributed by atoms with E-state index < -0.39 is 11.8 Å². The fraction of sp³-hybridized carbons (Fsp3) is 0.458. The highest BCUT2D eigenvalue weighted by Crippen LogP contribution is 2.52. The lowest BCUT2D eigenvalue weighted by Crippen LogP contribution is -2.53. The molecule has 0 atom stereocenters. The van der Waals surface area contributed by atoms with Crippen molar-refractivity contribution in [2.45, 2.75) is 50.0 Å². The minimum atomic E-state index is -0.984. The van der Waals surface area contributed by atoms with Gasteiger partial charge >= 0.3 is 5.97 Å². The van der Waals surface area contributed by atoms with Gasteiger partial charge in [-0.05, 0) is 68.4 Å². The molecule has 2 heterocycles. The number of carboxylic acid groups (broad SMARTS) is 1. The van der Waals surface area contributed by atoms with E-state index in [2.05, 4.69) is 0 Å². The molecule has 166 valence electrons. The van der Waals surface area contributed by atoms with Crippen molar-refractivity contribution in [2.24, 2.45) is 0 Å². The molecular weight excluding hydrogens is 406 g/mol. The number of fused-ring (bicyclic) bond motifs is 3. The quantitative estimate of drug-likeness (QED) is 0.586. The molecule has 1 N–H and O–H groups in total. The number of ether oxygens (including phenoxy) is 3. The molecule has 2 bridgehead atoms. The highest BCUT2D eigenvalue weighted by atomic mass is 19.1. The van der Waals surface area contributed by atoms with Gasteiger partial charge < -0.3 is 19.3 Å². The minimum Gasteiger partial charge on any atom is -0.480 e. The van der Waals surface area contributed by atoms with Gasteiger partial charge in [0.1, 0.15) is 29.7 Å². The molecule has 0 aromatic heterocycles. The summed E-state index contributed by atoms with van der Waals surface area (Å²) in [6.07, 6.45) is 3.94. The van der Waals surface area contributed by atoms with Crippen molar-refractivity contribution in [3.8, 4) is 11.5 Å². The molecule has 7 heteroatoms. The lowest BCUT2D eigenvalue weighted by Gasteiger charge is -2.53. The number of aryl methyl sites for hydroxylation is 1. The highest BCUT2D eigenvalue weighted by molar-refractivity contribution is 5.67.